The summed E-state index contributed by atoms with van der Waals surface area (Å²) in [5, 5.41) is 12.4. The van der Waals surface area contributed by atoms with E-state index in [1.54, 1.807) is 11.3 Å². The number of hydrogen-bond acceptors (Lipinski definition) is 3. The zero-order valence-corrected chi connectivity index (χ0v) is 12.6. The van der Waals surface area contributed by atoms with Crippen LogP contribution in [-0.4, -0.2) is 0 Å². The van der Waals surface area contributed by atoms with E-state index in [9.17, 15) is 4.39 Å². The molecule has 1 aromatic heterocycles. The molecule has 0 aliphatic heterocycles. The van der Waals surface area contributed by atoms with Gasteiger partial charge in [0.1, 0.15) is 5.82 Å². The zero-order chi connectivity index (χ0) is 14.7. The average Bonchev–Trinajstić information content (AvgIpc) is 2.75. The predicted octanol–water partition coefficient (Wildman–Crippen LogP) is 4.23. The summed E-state index contributed by atoms with van der Waals surface area (Å²) >= 11 is 1.78. The van der Waals surface area contributed by atoms with E-state index in [2.05, 4.69) is 38.2 Å². The summed E-state index contributed by atoms with van der Waals surface area (Å²) in [4.78, 5) is 2.58. The fourth-order valence-electron chi connectivity index (χ4n) is 2.27. The van der Waals surface area contributed by atoms with Crippen LogP contribution in [-0.2, 0) is 6.54 Å². The summed E-state index contributed by atoms with van der Waals surface area (Å²) in [5.74, 6) is -0.309. The molecule has 0 saturated heterocycles. The summed E-state index contributed by atoms with van der Waals surface area (Å²) in [7, 11) is 0. The maximum Gasteiger partial charge on any atom is 0.123 e. The second-order valence-electron chi connectivity index (χ2n) is 4.88. The molecule has 0 radical (unpaired) electrons. The molecule has 0 aliphatic carbocycles. The molecule has 0 aliphatic rings. The van der Waals surface area contributed by atoms with Crippen molar-refractivity contribution in [2.45, 2.75) is 33.4 Å². The molecule has 104 valence electrons. The summed E-state index contributed by atoms with van der Waals surface area (Å²) in [5.41, 5.74) is 2.48. The summed E-state index contributed by atoms with van der Waals surface area (Å²) in [6.07, 6.45) is 0. The van der Waals surface area contributed by atoms with Gasteiger partial charge in [0, 0.05) is 22.3 Å². The minimum atomic E-state index is -0.309. The van der Waals surface area contributed by atoms with Crippen LogP contribution in [0.2, 0.25) is 0 Å². The summed E-state index contributed by atoms with van der Waals surface area (Å²) in [6.45, 7) is 6.76. The predicted molar refractivity (Wildman–Crippen MR) is 80.2 cm³/mol. The van der Waals surface area contributed by atoms with Crippen LogP contribution >= 0.6 is 11.3 Å². The van der Waals surface area contributed by atoms with E-state index in [0.717, 1.165) is 0 Å². The van der Waals surface area contributed by atoms with Crippen LogP contribution in [0.3, 0.4) is 0 Å². The smallest absolute Gasteiger partial charge is 0.123 e. The highest BCUT2D eigenvalue weighted by Crippen LogP contribution is 2.26. The van der Waals surface area contributed by atoms with Gasteiger partial charge in [-0.15, -0.1) is 11.3 Å². The monoisotopic (exact) mass is 288 g/mol. The largest absolute Gasteiger partial charge is 0.306 e. The third kappa shape index (κ3) is 3.24. The van der Waals surface area contributed by atoms with Gasteiger partial charge in [0.25, 0.3) is 0 Å². The number of benzene rings is 1. The van der Waals surface area contributed by atoms with Gasteiger partial charge < -0.3 is 5.32 Å². The first-order chi connectivity index (χ1) is 9.51. The first kappa shape index (κ1) is 14.7. The minimum Gasteiger partial charge on any atom is -0.306 e. The molecule has 2 nitrogen and oxygen atoms in total. The lowest BCUT2D eigenvalue weighted by atomic mass is 10.1. The molecular weight excluding hydrogens is 271 g/mol. The third-order valence-electron chi connectivity index (χ3n) is 3.33. The zero-order valence-electron chi connectivity index (χ0n) is 11.8. The van der Waals surface area contributed by atoms with Crippen molar-refractivity contribution in [2.75, 3.05) is 0 Å². The number of aryl methyl sites for hydroxylation is 2. The maximum absolute atomic E-state index is 13.3. The number of thiophene rings is 1. The molecule has 2 rings (SSSR count). The molecule has 1 unspecified atom stereocenters. The molecule has 0 spiro atoms. The van der Waals surface area contributed by atoms with E-state index in [1.807, 2.05) is 0 Å². The molecule has 0 fully saturated rings. The van der Waals surface area contributed by atoms with E-state index in [-0.39, 0.29) is 11.9 Å². The summed E-state index contributed by atoms with van der Waals surface area (Å²) in [6, 6.07) is 8.71. The van der Waals surface area contributed by atoms with Crippen molar-refractivity contribution in [2.24, 2.45) is 0 Å². The Labute approximate surface area is 122 Å². The molecular formula is C16H17FN2S. The first-order valence-corrected chi connectivity index (χ1v) is 7.31. The van der Waals surface area contributed by atoms with Gasteiger partial charge in [-0.25, -0.2) is 4.39 Å². The fourth-order valence-corrected chi connectivity index (χ4v) is 3.29. The number of halogens is 1. The van der Waals surface area contributed by atoms with Crippen molar-refractivity contribution >= 4 is 11.3 Å². The second kappa shape index (κ2) is 6.17. The average molecular weight is 288 g/mol. The molecule has 1 aromatic carbocycles. The minimum absolute atomic E-state index is 0.176. The van der Waals surface area contributed by atoms with Crippen molar-refractivity contribution in [1.82, 2.24) is 5.32 Å². The van der Waals surface area contributed by atoms with Crippen molar-refractivity contribution in [3.05, 3.63) is 56.5 Å². The quantitative estimate of drug-likeness (QED) is 0.914. The highest BCUT2D eigenvalue weighted by Gasteiger charge is 2.12. The van der Waals surface area contributed by atoms with Crippen LogP contribution < -0.4 is 5.32 Å². The molecule has 1 N–H and O–H groups in total. The van der Waals surface area contributed by atoms with E-state index in [0.29, 0.717) is 17.7 Å². The van der Waals surface area contributed by atoms with Gasteiger partial charge in [-0.05, 0) is 56.2 Å². The van der Waals surface area contributed by atoms with Gasteiger partial charge in [0.2, 0.25) is 0 Å². The normalized spacial score (nSPS) is 12.2. The van der Waals surface area contributed by atoms with Gasteiger partial charge in [0.05, 0.1) is 11.6 Å². The topological polar surface area (TPSA) is 35.8 Å². The Kier molecular flexibility index (Phi) is 4.53. The number of nitriles is 1. The second-order valence-corrected chi connectivity index (χ2v) is 6.34. The molecule has 0 saturated carbocycles. The Morgan fingerprint density at radius 3 is 2.70 bits per heavy atom. The van der Waals surface area contributed by atoms with E-state index < -0.39 is 0 Å². The molecule has 4 heteroatoms. The standard InChI is InChI=1S/C16H17FN2S/c1-10-6-16(12(3)20-10)11(2)19-9-14-7-15(17)5-4-13(14)8-18/h4-7,11,19H,9H2,1-3H3. The third-order valence-corrected chi connectivity index (χ3v) is 4.31. The molecule has 20 heavy (non-hydrogen) atoms. The summed E-state index contributed by atoms with van der Waals surface area (Å²) < 4.78 is 13.3. The van der Waals surface area contributed by atoms with Crippen molar-refractivity contribution in [1.29, 1.82) is 5.26 Å². The molecule has 1 atom stereocenters. The Morgan fingerprint density at radius 1 is 1.35 bits per heavy atom. The highest BCUT2D eigenvalue weighted by molar-refractivity contribution is 7.12. The van der Waals surface area contributed by atoms with E-state index in [4.69, 9.17) is 5.26 Å². The van der Waals surface area contributed by atoms with Crippen LogP contribution in [0.25, 0.3) is 0 Å². The van der Waals surface area contributed by atoms with Gasteiger partial charge in [-0.3, -0.25) is 0 Å². The number of nitrogens with one attached hydrogen (secondary N) is 1. The molecule has 2 aromatic rings. The maximum atomic E-state index is 13.3. The lowest BCUT2D eigenvalue weighted by molar-refractivity contribution is 0.568. The lowest BCUT2D eigenvalue weighted by Gasteiger charge is -2.14. The van der Waals surface area contributed by atoms with Crippen LogP contribution in [0.4, 0.5) is 4.39 Å². The Bertz CT molecular complexity index is 655. The highest BCUT2D eigenvalue weighted by atomic mass is 32.1. The van der Waals surface area contributed by atoms with Crippen molar-refractivity contribution < 1.29 is 4.39 Å². The van der Waals surface area contributed by atoms with Crippen molar-refractivity contribution in [3.63, 3.8) is 0 Å². The number of nitrogens with zero attached hydrogens (tertiary/aromatic N) is 1. The van der Waals surface area contributed by atoms with E-state index in [1.165, 1.54) is 33.5 Å². The van der Waals surface area contributed by atoms with Crippen LogP contribution in [0.5, 0.6) is 0 Å². The first-order valence-electron chi connectivity index (χ1n) is 6.50. The number of hydrogen-bond donors (Lipinski definition) is 1. The van der Waals surface area contributed by atoms with Gasteiger partial charge in [-0.2, -0.15) is 5.26 Å². The fraction of sp³-hybridized carbons (Fsp3) is 0.312. The van der Waals surface area contributed by atoms with Crippen LogP contribution in [0.1, 0.15) is 39.4 Å². The van der Waals surface area contributed by atoms with Gasteiger partial charge in [-0.1, -0.05) is 0 Å². The van der Waals surface area contributed by atoms with Gasteiger partial charge in [0.15, 0.2) is 0 Å². The Hall–Kier alpha value is -1.70. The van der Waals surface area contributed by atoms with Crippen LogP contribution in [0.15, 0.2) is 24.3 Å². The molecule has 0 bridgehead atoms. The SMILES string of the molecule is Cc1cc(C(C)NCc2cc(F)ccc2C#N)c(C)s1. The molecule has 0 amide bonds. The lowest BCUT2D eigenvalue weighted by Crippen LogP contribution is -2.19. The Balaban J connectivity index is 2.11. The molecule has 1 heterocycles. The van der Waals surface area contributed by atoms with Gasteiger partial charge >= 0.3 is 0 Å². The van der Waals surface area contributed by atoms with Crippen molar-refractivity contribution in [3.8, 4) is 6.07 Å². The number of rotatable bonds is 4. The van der Waals surface area contributed by atoms with E-state index >= 15 is 0 Å². The Morgan fingerprint density at radius 2 is 2.10 bits per heavy atom. The van der Waals surface area contributed by atoms with Crippen LogP contribution in [0, 0.1) is 31.0 Å².